The number of hydrogen-bond acceptors (Lipinski definition) is 3. The molecular formula is C32H58N2O2. The Balaban J connectivity index is 0.00000361. The van der Waals surface area contributed by atoms with Crippen molar-refractivity contribution >= 4 is 6.09 Å². The lowest BCUT2D eigenvalue weighted by Gasteiger charge is -2.58. The molecule has 0 heterocycles. The molecule has 0 aromatic carbocycles. The normalized spacial score (nSPS) is 38.4. The van der Waals surface area contributed by atoms with Gasteiger partial charge in [-0.25, -0.2) is 4.79 Å². The summed E-state index contributed by atoms with van der Waals surface area (Å²) < 4.78 is 5.85. The highest BCUT2D eigenvalue weighted by Gasteiger charge is 2.59. The molecule has 0 saturated heterocycles. The van der Waals surface area contributed by atoms with E-state index in [2.05, 4.69) is 59.9 Å². The van der Waals surface area contributed by atoms with Crippen molar-refractivity contribution in [3.63, 3.8) is 0 Å². The van der Waals surface area contributed by atoms with E-state index in [9.17, 15) is 4.79 Å². The standard InChI is InChI=1S/C32H55NO2.H3N/c1-21(2)9-8-10-23(5)27-13-14-28-26-12-11-24-19-25(35-30(34)33-20-22(3)4)15-17-31(24,6)29(26)16-18-32(27,28)7;/h11,21-23,25-29H,8-10,12-20H2,1-7H3,(H,33,34);1H3/t23-,25+,26+,27-,28+,29+,31+,32-;/m1./s1. The Morgan fingerprint density at radius 1 is 1.00 bits per heavy atom. The maximum atomic E-state index is 12.3. The minimum atomic E-state index is -0.227. The topological polar surface area (TPSA) is 73.3 Å². The van der Waals surface area contributed by atoms with Gasteiger partial charge in [-0.1, -0.05) is 79.4 Å². The Morgan fingerprint density at radius 2 is 1.75 bits per heavy atom. The molecule has 0 aliphatic heterocycles. The first-order valence-corrected chi connectivity index (χ1v) is 15.2. The first-order chi connectivity index (χ1) is 16.5. The lowest BCUT2D eigenvalue weighted by Crippen LogP contribution is -2.51. The van der Waals surface area contributed by atoms with Crippen LogP contribution in [0, 0.1) is 52.3 Å². The summed E-state index contributed by atoms with van der Waals surface area (Å²) >= 11 is 0. The second-order valence-electron chi connectivity index (χ2n) is 14.3. The number of amides is 1. The maximum absolute atomic E-state index is 12.3. The Labute approximate surface area is 222 Å². The van der Waals surface area contributed by atoms with E-state index in [1.807, 2.05) is 0 Å². The molecule has 3 saturated carbocycles. The molecular weight excluding hydrogens is 444 g/mol. The van der Waals surface area contributed by atoms with Crippen molar-refractivity contribution in [2.24, 2.45) is 52.3 Å². The average Bonchev–Trinajstić information content (AvgIpc) is 3.15. The third kappa shape index (κ3) is 5.84. The minimum absolute atomic E-state index is 0. The van der Waals surface area contributed by atoms with E-state index in [-0.39, 0.29) is 18.3 Å². The number of hydrogen-bond donors (Lipinski definition) is 2. The summed E-state index contributed by atoms with van der Waals surface area (Å²) in [5.74, 6) is 5.68. The third-order valence-corrected chi connectivity index (χ3v) is 11.2. The fraction of sp³-hybridized carbons (Fsp3) is 0.906. The van der Waals surface area contributed by atoms with Gasteiger partial charge in [-0.3, -0.25) is 0 Å². The van der Waals surface area contributed by atoms with Gasteiger partial charge >= 0.3 is 6.09 Å². The highest BCUT2D eigenvalue weighted by Crippen LogP contribution is 2.67. The van der Waals surface area contributed by atoms with Gasteiger partial charge in [0.25, 0.3) is 0 Å². The number of fused-ring (bicyclic) bond motifs is 5. The zero-order valence-corrected chi connectivity index (χ0v) is 24.7. The lowest BCUT2D eigenvalue weighted by molar-refractivity contribution is -0.0581. The van der Waals surface area contributed by atoms with E-state index >= 15 is 0 Å². The summed E-state index contributed by atoms with van der Waals surface area (Å²) in [6.07, 6.45) is 16.8. The molecule has 0 unspecified atom stereocenters. The van der Waals surface area contributed by atoms with Crippen LogP contribution in [0.25, 0.3) is 0 Å². The van der Waals surface area contributed by atoms with E-state index < -0.39 is 0 Å². The Hall–Kier alpha value is -1.03. The van der Waals surface area contributed by atoms with Crippen molar-refractivity contribution in [3.8, 4) is 0 Å². The van der Waals surface area contributed by atoms with Crippen LogP contribution in [0.4, 0.5) is 4.79 Å². The van der Waals surface area contributed by atoms with Crippen LogP contribution in [0.2, 0.25) is 0 Å². The van der Waals surface area contributed by atoms with Crippen molar-refractivity contribution in [2.45, 2.75) is 125 Å². The number of alkyl carbamates (subject to hydrolysis) is 1. The highest BCUT2D eigenvalue weighted by molar-refractivity contribution is 5.67. The molecule has 4 aliphatic rings. The minimum Gasteiger partial charge on any atom is -0.446 e. The van der Waals surface area contributed by atoms with Crippen molar-refractivity contribution in [1.82, 2.24) is 11.5 Å². The molecule has 3 fully saturated rings. The van der Waals surface area contributed by atoms with Crippen molar-refractivity contribution < 1.29 is 9.53 Å². The molecule has 0 aromatic heterocycles. The SMILES string of the molecule is CC(C)CCC[C@@H](C)[C@H]1CC[C@H]2[C@@H]3CC=C4C[C@@H](OC(=O)NCC(C)C)CC[C@]4(C)[C@H]3CC[C@]12C.N. The predicted octanol–water partition coefficient (Wildman–Crippen LogP) is 8.94. The van der Waals surface area contributed by atoms with E-state index in [4.69, 9.17) is 4.74 Å². The Morgan fingerprint density at radius 3 is 2.44 bits per heavy atom. The zero-order chi connectivity index (χ0) is 25.4. The van der Waals surface area contributed by atoms with Crippen LogP contribution < -0.4 is 11.5 Å². The first kappa shape index (κ1) is 29.5. The molecule has 0 radical (unpaired) electrons. The van der Waals surface area contributed by atoms with Gasteiger partial charge in [0.15, 0.2) is 0 Å². The van der Waals surface area contributed by atoms with Crippen molar-refractivity contribution in [2.75, 3.05) is 6.54 Å². The third-order valence-electron chi connectivity index (χ3n) is 11.2. The fourth-order valence-corrected chi connectivity index (χ4v) is 9.23. The number of carbonyl (C=O) groups is 1. The maximum Gasteiger partial charge on any atom is 0.407 e. The summed E-state index contributed by atoms with van der Waals surface area (Å²) in [6.45, 7) is 17.5. The van der Waals surface area contributed by atoms with Crippen LogP contribution in [-0.2, 0) is 4.74 Å². The fourth-order valence-electron chi connectivity index (χ4n) is 9.23. The molecule has 36 heavy (non-hydrogen) atoms. The van der Waals surface area contributed by atoms with E-state index in [0.717, 1.165) is 48.3 Å². The van der Waals surface area contributed by atoms with Gasteiger partial charge in [-0.2, -0.15) is 0 Å². The van der Waals surface area contributed by atoms with E-state index in [1.165, 1.54) is 57.8 Å². The quantitative estimate of drug-likeness (QED) is 0.325. The van der Waals surface area contributed by atoms with Gasteiger partial charge in [0.05, 0.1) is 0 Å². The molecule has 0 spiro atoms. The lowest BCUT2D eigenvalue weighted by atomic mass is 9.47. The molecule has 4 heteroatoms. The second kappa shape index (κ2) is 11.8. The summed E-state index contributed by atoms with van der Waals surface area (Å²) in [7, 11) is 0. The number of rotatable bonds is 8. The largest absolute Gasteiger partial charge is 0.446 e. The van der Waals surface area contributed by atoms with Gasteiger partial charge in [-0.05, 0) is 97.2 Å². The zero-order valence-electron chi connectivity index (χ0n) is 24.7. The summed E-state index contributed by atoms with van der Waals surface area (Å²) in [4.78, 5) is 12.3. The molecule has 0 bridgehead atoms. The molecule has 0 aromatic rings. The molecule has 4 N–H and O–H groups in total. The van der Waals surface area contributed by atoms with Crippen molar-refractivity contribution in [1.29, 1.82) is 0 Å². The van der Waals surface area contributed by atoms with Crippen molar-refractivity contribution in [3.05, 3.63) is 11.6 Å². The van der Waals surface area contributed by atoms with Crippen LogP contribution in [-0.4, -0.2) is 18.7 Å². The van der Waals surface area contributed by atoms with Gasteiger partial charge < -0.3 is 16.2 Å². The summed E-state index contributed by atoms with van der Waals surface area (Å²) in [5.41, 5.74) is 2.47. The van der Waals surface area contributed by atoms with Crippen LogP contribution in [0.1, 0.15) is 119 Å². The van der Waals surface area contributed by atoms with Crippen LogP contribution in [0.15, 0.2) is 11.6 Å². The summed E-state index contributed by atoms with van der Waals surface area (Å²) in [5, 5.41) is 2.94. The molecule has 4 aliphatic carbocycles. The number of ether oxygens (including phenoxy) is 1. The highest BCUT2D eigenvalue weighted by atomic mass is 16.6. The number of allylic oxidation sites excluding steroid dienone is 1. The number of nitrogens with one attached hydrogen (secondary N) is 1. The molecule has 1 amide bonds. The second-order valence-corrected chi connectivity index (χ2v) is 14.3. The van der Waals surface area contributed by atoms with E-state index in [1.54, 1.807) is 5.57 Å². The average molecular weight is 503 g/mol. The van der Waals surface area contributed by atoms with Gasteiger partial charge in [-0.15, -0.1) is 0 Å². The number of carbonyl (C=O) groups excluding carboxylic acids is 1. The smallest absolute Gasteiger partial charge is 0.407 e. The van der Waals surface area contributed by atoms with Gasteiger partial charge in [0.1, 0.15) is 6.10 Å². The predicted molar refractivity (Wildman–Crippen MR) is 151 cm³/mol. The monoisotopic (exact) mass is 502 g/mol. The van der Waals surface area contributed by atoms with Crippen LogP contribution >= 0.6 is 0 Å². The molecule has 4 nitrogen and oxygen atoms in total. The molecule has 4 rings (SSSR count). The molecule has 208 valence electrons. The van der Waals surface area contributed by atoms with E-state index in [0.29, 0.717) is 23.3 Å². The van der Waals surface area contributed by atoms with Gasteiger partial charge in [0, 0.05) is 13.0 Å². The summed E-state index contributed by atoms with van der Waals surface area (Å²) in [6, 6.07) is 0. The Bertz CT molecular complexity index is 776. The van der Waals surface area contributed by atoms with Crippen LogP contribution in [0.3, 0.4) is 0 Å². The Kier molecular flexibility index (Phi) is 9.67. The molecule has 8 atom stereocenters. The first-order valence-electron chi connectivity index (χ1n) is 15.2. The van der Waals surface area contributed by atoms with Gasteiger partial charge in [0.2, 0.25) is 0 Å². The van der Waals surface area contributed by atoms with Crippen LogP contribution in [0.5, 0.6) is 0 Å².